The SMILES string of the molecule is COC(=O)CCN(C)S(=O)(=O)NCC(=O)N1CCCC1. The molecule has 8 nitrogen and oxygen atoms in total. The van der Waals surface area contributed by atoms with E-state index in [0.717, 1.165) is 17.1 Å². The van der Waals surface area contributed by atoms with Crippen molar-refractivity contribution < 1.29 is 22.7 Å². The minimum atomic E-state index is -3.76. The lowest BCUT2D eigenvalue weighted by Crippen LogP contribution is -2.44. The van der Waals surface area contributed by atoms with Crippen LogP contribution in [0.2, 0.25) is 0 Å². The Kier molecular flexibility index (Phi) is 6.37. The van der Waals surface area contributed by atoms with E-state index in [1.165, 1.54) is 14.2 Å². The maximum Gasteiger partial charge on any atom is 0.306 e. The highest BCUT2D eigenvalue weighted by Gasteiger charge is 2.22. The fraction of sp³-hybridized carbons (Fsp3) is 0.818. The summed E-state index contributed by atoms with van der Waals surface area (Å²) in [6, 6.07) is 0. The minimum Gasteiger partial charge on any atom is -0.469 e. The second kappa shape index (κ2) is 7.55. The van der Waals surface area contributed by atoms with Crippen molar-refractivity contribution in [3.05, 3.63) is 0 Å². The molecule has 1 N–H and O–H groups in total. The average Bonchev–Trinajstić information content (AvgIpc) is 2.95. The van der Waals surface area contributed by atoms with Crippen molar-refractivity contribution in [2.45, 2.75) is 19.3 Å². The predicted molar refractivity (Wildman–Crippen MR) is 72.0 cm³/mol. The number of likely N-dealkylation sites (tertiary alicyclic amines) is 1. The molecule has 1 aliphatic heterocycles. The van der Waals surface area contributed by atoms with Crippen LogP contribution in [0.5, 0.6) is 0 Å². The third kappa shape index (κ3) is 5.06. The van der Waals surface area contributed by atoms with E-state index in [-0.39, 0.29) is 25.4 Å². The molecule has 0 atom stereocenters. The first-order valence-electron chi connectivity index (χ1n) is 6.42. The van der Waals surface area contributed by atoms with Crippen molar-refractivity contribution in [2.75, 3.05) is 40.3 Å². The zero-order valence-electron chi connectivity index (χ0n) is 11.8. The average molecular weight is 307 g/mol. The smallest absolute Gasteiger partial charge is 0.306 e. The quantitative estimate of drug-likeness (QED) is 0.605. The molecule has 0 bridgehead atoms. The van der Waals surface area contributed by atoms with Crippen LogP contribution in [-0.4, -0.2) is 69.8 Å². The molecule has 0 unspecified atom stereocenters. The molecule has 1 saturated heterocycles. The highest BCUT2D eigenvalue weighted by atomic mass is 32.2. The first-order chi connectivity index (χ1) is 9.36. The highest BCUT2D eigenvalue weighted by Crippen LogP contribution is 2.07. The van der Waals surface area contributed by atoms with Gasteiger partial charge in [-0.2, -0.15) is 17.4 Å². The number of esters is 1. The lowest BCUT2D eigenvalue weighted by molar-refractivity contribution is -0.140. The summed E-state index contributed by atoms with van der Waals surface area (Å²) >= 11 is 0. The van der Waals surface area contributed by atoms with E-state index >= 15 is 0 Å². The summed E-state index contributed by atoms with van der Waals surface area (Å²) in [6.45, 7) is 1.10. The maximum absolute atomic E-state index is 11.8. The van der Waals surface area contributed by atoms with Gasteiger partial charge >= 0.3 is 5.97 Å². The molecule has 1 aliphatic rings. The second-order valence-corrected chi connectivity index (χ2v) is 6.42. The molecule has 0 aromatic rings. The van der Waals surface area contributed by atoms with E-state index in [1.807, 2.05) is 0 Å². The molecule has 0 aromatic carbocycles. The molecular weight excluding hydrogens is 286 g/mol. The van der Waals surface area contributed by atoms with Gasteiger partial charge in [-0.1, -0.05) is 0 Å². The predicted octanol–water partition coefficient (Wildman–Crippen LogP) is -1.06. The molecule has 0 aromatic heterocycles. The number of nitrogens with zero attached hydrogens (tertiary/aromatic N) is 2. The summed E-state index contributed by atoms with van der Waals surface area (Å²) in [5.41, 5.74) is 0. The molecule has 1 rings (SSSR count). The van der Waals surface area contributed by atoms with Crippen molar-refractivity contribution in [1.82, 2.24) is 13.9 Å². The van der Waals surface area contributed by atoms with Gasteiger partial charge in [0, 0.05) is 26.7 Å². The molecule has 9 heteroatoms. The van der Waals surface area contributed by atoms with Crippen LogP contribution in [0.4, 0.5) is 0 Å². The Morgan fingerprint density at radius 3 is 2.45 bits per heavy atom. The molecule has 0 spiro atoms. The Labute approximate surface area is 119 Å². The number of nitrogens with one attached hydrogen (secondary N) is 1. The normalized spacial score (nSPS) is 15.7. The fourth-order valence-electron chi connectivity index (χ4n) is 1.81. The fourth-order valence-corrected chi connectivity index (χ4v) is 2.67. The molecule has 0 radical (unpaired) electrons. The van der Waals surface area contributed by atoms with Gasteiger partial charge in [-0.3, -0.25) is 9.59 Å². The van der Waals surface area contributed by atoms with E-state index in [0.29, 0.717) is 13.1 Å². The molecule has 0 aliphatic carbocycles. The zero-order chi connectivity index (χ0) is 15.2. The molecular formula is C11H21N3O5S. The minimum absolute atomic E-state index is 0.0000879. The van der Waals surface area contributed by atoms with Gasteiger partial charge in [0.1, 0.15) is 0 Å². The van der Waals surface area contributed by atoms with Crippen molar-refractivity contribution in [3.63, 3.8) is 0 Å². The lowest BCUT2D eigenvalue weighted by atomic mass is 10.4. The molecule has 1 amide bonds. The van der Waals surface area contributed by atoms with Gasteiger partial charge in [-0.25, -0.2) is 0 Å². The number of rotatable bonds is 7. The number of carbonyl (C=O) groups excluding carboxylic acids is 2. The van der Waals surface area contributed by atoms with Crippen LogP contribution >= 0.6 is 0 Å². The van der Waals surface area contributed by atoms with E-state index < -0.39 is 16.2 Å². The monoisotopic (exact) mass is 307 g/mol. The molecule has 0 saturated carbocycles. The van der Waals surface area contributed by atoms with Gasteiger partial charge in [0.2, 0.25) is 5.91 Å². The largest absolute Gasteiger partial charge is 0.469 e. The van der Waals surface area contributed by atoms with Gasteiger partial charge in [0.15, 0.2) is 0 Å². The van der Waals surface area contributed by atoms with Crippen LogP contribution in [0.3, 0.4) is 0 Å². The summed E-state index contributed by atoms with van der Waals surface area (Å²) in [5, 5.41) is 0. The van der Waals surface area contributed by atoms with Gasteiger partial charge in [-0.05, 0) is 12.8 Å². The van der Waals surface area contributed by atoms with Crippen molar-refractivity contribution in [2.24, 2.45) is 0 Å². The summed E-state index contributed by atoms with van der Waals surface area (Å²) in [5.74, 6) is -0.715. The summed E-state index contributed by atoms with van der Waals surface area (Å²) in [4.78, 5) is 24.3. The van der Waals surface area contributed by atoms with E-state index in [9.17, 15) is 18.0 Å². The Balaban J connectivity index is 2.39. The molecule has 1 heterocycles. The van der Waals surface area contributed by atoms with Crippen LogP contribution in [0.15, 0.2) is 0 Å². The van der Waals surface area contributed by atoms with Crippen LogP contribution in [-0.2, 0) is 24.5 Å². The Morgan fingerprint density at radius 2 is 1.90 bits per heavy atom. The van der Waals surface area contributed by atoms with E-state index in [2.05, 4.69) is 9.46 Å². The van der Waals surface area contributed by atoms with Gasteiger partial charge in [0.05, 0.1) is 20.1 Å². The van der Waals surface area contributed by atoms with Crippen molar-refractivity contribution >= 4 is 22.1 Å². The number of hydrogen-bond acceptors (Lipinski definition) is 5. The second-order valence-electron chi connectivity index (χ2n) is 4.56. The number of carbonyl (C=O) groups is 2. The topological polar surface area (TPSA) is 96.0 Å². The van der Waals surface area contributed by atoms with Crippen LogP contribution in [0.1, 0.15) is 19.3 Å². The first kappa shape index (κ1) is 16.9. The van der Waals surface area contributed by atoms with Crippen molar-refractivity contribution in [1.29, 1.82) is 0 Å². The van der Waals surface area contributed by atoms with Crippen LogP contribution in [0.25, 0.3) is 0 Å². The van der Waals surface area contributed by atoms with E-state index in [1.54, 1.807) is 4.90 Å². The van der Waals surface area contributed by atoms with Gasteiger partial charge in [-0.15, -0.1) is 0 Å². The van der Waals surface area contributed by atoms with E-state index in [4.69, 9.17) is 0 Å². The number of ether oxygens (including phenoxy) is 1. The molecule has 116 valence electrons. The Bertz CT molecular complexity index is 445. The number of methoxy groups -OCH3 is 1. The molecule has 20 heavy (non-hydrogen) atoms. The Morgan fingerprint density at radius 1 is 1.30 bits per heavy atom. The van der Waals surface area contributed by atoms with Gasteiger partial charge in [0.25, 0.3) is 10.2 Å². The standard InChI is InChI=1S/C11H21N3O5S/c1-13(8-5-11(16)19-2)20(17,18)12-9-10(15)14-6-3-4-7-14/h12H,3-9H2,1-2H3. The zero-order valence-corrected chi connectivity index (χ0v) is 12.6. The number of amides is 1. The van der Waals surface area contributed by atoms with Gasteiger partial charge < -0.3 is 9.64 Å². The highest BCUT2D eigenvalue weighted by molar-refractivity contribution is 7.87. The summed E-state index contributed by atoms with van der Waals surface area (Å²) < 4.78 is 31.3. The van der Waals surface area contributed by atoms with Crippen LogP contribution in [0, 0.1) is 0 Å². The Hall–Kier alpha value is -1.19. The maximum atomic E-state index is 11.8. The number of hydrogen-bond donors (Lipinski definition) is 1. The first-order valence-corrected chi connectivity index (χ1v) is 7.86. The summed E-state index contributed by atoms with van der Waals surface area (Å²) in [6.07, 6.45) is 1.88. The van der Waals surface area contributed by atoms with Crippen molar-refractivity contribution in [3.8, 4) is 0 Å². The molecule has 1 fully saturated rings. The summed E-state index contributed by atoms with van der Waals surface area (Å²) in [7, 11) is -1.18. The lowest BCUT2D eigenvalue weighted by Gasteiger charge is -2.19. The third-order valence-corrected chi connectivity index (χ3v) is 4.65. The van der Waals surface area contributed by atoms with Crippen LogP contribution < -0.4 is 4.72 Å². The third-order valence-electron chi connectivity index (χ3n) is 3.13.